The van der Waals surface area contributed by atoms with Gasteiger partial charge in [0.2, 0.25) is 5.91 Å². The van der Waals surface area contributed by atoms with E-state index in [0.717, 1.165) is 49.5 Å². The molecule has 132 valence electrons. The molecule has 0 unspecified atom stereocenters. The van der Waals surface area contributed by atoms with Gasteiger partial charge in [0.05, 0.1) is 13.3 Å². The highest BCUT2D eigenvalue weighted by Gasteiger charge is 2.15. The molecule has 0 atom stereocenters. The Hall–Kier alpha value is -2.60. The molecule has 3 rings (SSSR count). The van der Waals surface area contributed by atoms with Crippen molar-refractivity contribution in [2.45, 2.75) is 19.3 Å². The molecule has 1 aromatic heterocycles. The zero-order valence-electron chi connectivity index (χ0n) is 14.5. The molecule has 6 heteroatoms. The first-order valence-corrected chi connectivity index (χ1v) is 8.55. The van der Waals surface area contributed by atoms with E-state index in [-0.39, 0.29) is 5.91 Å². The minimum atomic E-state index is -0.225. The van der Waals surface area contributed by atoms with Crippen molar-refractivity contribution in [1.82, 2.24) is 14.7 Å². The molecule has 1 amide bonds. The van der Waals surface area contributed by atoms with E-state index in [4.69, 9.17) is 10.5 Å². The summed E-state index contributed by atoms with van der Waals surface area (Å²) >= 11 is 0. The summed E-state index contributed by atoms with van der Waals surface area (Å²) in [5.74, 6) is 0.576. The quantitative estimate of drug-likeness (QED) is 0.839. The molecule has 0 saturated carbocycles. The summed E-state index contributed by atoms with van der Waals surface area (Å²) in [6.07, 6.45) is 8.46. The zero-order chi connectivity index (χ0) is 17.6. The number of carbonyl (C=O) groups excluding carboxylic acids is 1. The van der Waals surface area contributed by atoms with Gasteiger partial charge in [0.1, 0.15) is 11.4 Å². The SMILES string of the molecule is COc1ccccc1-n1cc(C2=CCN(CCCC(N)=O)CC2)cn1. The molecule has 0 radical (unpaired) electrons. The Morgan fingerprint density at radius 2 is 2.20 bits per heavy atom. The molecule has 2 heterocycles. The maximum atomic E-state index is 10.8. The topological polar surface area (TPSA) is 73.4 Å². The normalized spacial score (nSPS) is 15.0. The van der Waals surface area contributed by atoms with Gasteiger partial charge in [0, 0.05) is 31.3 Å². The summed E-state index contributed by atoms with van der Waals surface area (Å²) in [4.78, 5) is 13.2. The molecular formula is C19H24N4O2. The lowest BCUT2D eigenvalue weighted by Crippen LogP contribution is -2.30. The third kappa shape index (κ3) is 4.28. The molecule has 1 aliphatic heterocycles. The van der Waals surface area contributed by atoms with E-state index in [1.807, 2.05) is 41.3 Å². The van der Waals surface area contributed by atoms with E-state index in [1.54, 1.807) is 7.11 Å². The largest absolute Gasteiger partial charge is 0.494 e. The summed E-state index contributed by atoms with van der Waals surface area (Å²) < 4.78 is 7.26. The molecule has 0 aliphatic carbocycles. The number of carbonyl (C=O) groups is 1. The Balaban J connectivity index is 1.65. The van der Waals surface area contributed by atoms with Crippen molar-refractivity contribution < 1.29 is 9.53 Å². The lowest BCUT2D eigenvalue weighted by molar-refractivity contribution is -0.118. The van der Waals surface area contributed by atoms with E-state index >= 15 is 0 Å². The fourth-order valence-corrected chi connectivity index (χ4v) is 3.09. The maximum Gasteiger partial charge on any atom is 0.217 e. The third-order valence-electron chi connectivity index (χ3n) is 4.48. The predicted molar refractivity (Wildman–Crippen MR) is 97.6 cm³/mol. The first kappa shape index (κ1) is 17.2. The highest BCUT2D eigenvalue weighted by atomic mass is 16.5. The van der Waals surface area contributed by atoms with Gasteiger partial charge < -0.3 is 10.5 Å². The van der Waals surface area contributed by atoms with E-state index in [1.165, 1.54) is 5.57 Å². The van der Waals surface area contributed by atoms with Crippen molar-refractivity contribution in [1.29, 1.82) is 0 Å². The monoisotopic (exact) mass is 340 g/mol. The van der Waals surface area contributed by atoms with Gasteiger partial charge in [-0.3, -0.25) is 9.69 Å². The Morgan fingerprint density at radius 3 is 2.92 bits per heavy atom. The second-order valence-electron chi connectivity index (χ2n) is 6.20. The summed E-state index contributed by atoms with van der Waals surface area (Å²) in [6, 6.07) is 7.85. The number of rotatable bonds is 7. The van der Waals surface area contributed by atoms with Crippen LogP contribution < -0.4 is 10.5 Å². The van der Waals surface area contributed by atoms with Crippen molar-refractivity contribution >= 4 is 11.5 Å². The Labute approximate surface area is 147 Å². The fourth-order valence-electron chi connectivity index (χ4n) is 3.09. The van der Waals surface area contributed by atoms with Crippen molar-refractivity contribution in [3.63, 3.8) is 0 Å². The lowest BCUT2D eigenvalue weighted by atomic mass is 10.0. The van der Waals surface area contributed by atoms with E-state index in [0.29, 0.717) is 6.42 Å². The van der Waals surface area contributed by atoms with Crippen LogP contribution in [0.15, 0.2) is 42.7 Å². The molecule has 1 aliphatic rings. The van der Waals surface area contributed by atoms with Crippen LogP contribution in [-0.4, -0.2) is 47.3 Å². The van der Waals surface area contributed by atoms with Crippen LogP contribution in [0.3, 0.4) is 0 Å². The van der Waals surface area contributed by atoms with Crippen molar-refractivity contribution in [2.24, 2.45) is 5.73 Å². The van der Waals surface area contributed by atoms with Gasteiger partial charge in [-0.1, -0.05) is 18.2 Å². The molecule has 0 spiro atoms. The third-order valence-corrected chi connectivity index (χ3v) is 4.48. The number of methoxy groups -OCH3 is 1. The first-order chi connectivity index (χ1) is 12.2. The van der Waals surface area contributed by atoms with E-state index in [9.17, 15) is 4.79 Å². The van der Waals surface area contributed by atoms with Crippen LogP contribution in [0.4, 0.5) is 0 Å². The minimum absolute atomic E-state index is 0.225. The van der Waals surface area contributed by atoms with Crippen molar-refractivity contribution in [3.05, 3.63) is 48.3 Å². The second-order valence-corrected chi connectivity index (χ2v) is 6.20. The number of nitrogens with two attached hydrogens (primary N) is 1. The van der Waals surface area contributed by atoms with Crippen LogP contribution in [0.2, 0.25) is 0 Å². The van der Waals surface area contributed by atoms with Gasteiger partial charge >= 0.3 is 0 Å². The molecule has 0 bridgehead atoms. The van der Waals surface area contributed by atoms with Gasteiger partial charge in [-0.2, -0.15) is 5.10 Å². The average molecular weight is 340 g/mol. The number of nitrogens with zero attached hydrogens (tertiary/aromatic N) is 3. The fraction of sp³-hybridized carbons (Fsp3) is 0.368. The highest BCUT2D eigenvalue weighted by molar-refractivity contribution is 5.73. The van der Waals surface area contributed by atoms with Crippen molar-refractivity contribution in [3.8, 4) is 11.4 Å². The van der Waals surface area contributed by atoms with Crippen LogP contribution in [0.1, 0.15) is 24.8 Å². The molecule has 0 fully saturated rings. The van der Waals surface area contributed by atoms with E-state index in [2.05, 4.69) is 16.1 Å². The average Bonchev–Trinajstić information content (AvgIpc) is 3.12. The van der Waals surface area contributed by atoms with Gasteiger partial charge in [-0.25, -0.2) is 4.68 Å². The van der Waals surface area contributed by atoms with Gasteiger partial charge in [0.15, 0.2) is 0 Å². The number of para-hydroxylation sites is 2. The van der Waals surface area contributed by atoms with Gasteiger partial charge in [-0.15, -0.1) is 0 Å². The maximum absolute atomic E-state index is 10.8. The number of hydrogen-bond acceptors (Lipinski definition) is 4. The second kappa shape index (κ2) is 7.98. The smallest absolute Gasteiger partial charge is 0.217 e. The number of ether oxygens (including phenoxy) is 1. The zero-order valence-corrected chi connectivity index (χ0v) is 14.5. The molecule has 0 saturated heterocycles. The minimum Gasteiger partial charge on any atom is -0.494 e. The van der Waals surface area contributed by atoms with Crippen LogP contribution in [0.5, 0.6) is 5.75 Å². The molecule has 1 aromatic carbocycles. The number of aromatic nitrogens is 2. The summed E-state index contributed by atoms with van der Waals surface area (Å²) in [7, 11) is 1.67. The molecular weight excluding hydrogens is 316 g/mol. The van der Waals surface area contributed by atoms with Crippen LogP contribution in [0.25, 0.3) is 11.3 Å². The van der Waals surface area contributed by atoms with Gasteiger partial charge in [0.25, 0.3) is 0 Å². The van der Waals surface area contributed by atoms with Crippen LogP contribution in [0, 0.1) is 0 Å². The predicted octanol–water partition coefficient (Wildman–Crippen LogP) is 2.24. The Morgan fingerprint density at radius 1 is 1.36 bits per heavy atom. The first-order valence-electron chi connectivity index (χ1n) is 8.55. The summed E-state index contributed by atoms with van der Waals surface area (Å²) in [5.41, 5.74) is 8.57. The molecule has 2 N–H and O–H groups in total. The van der Waals surface area contributed by atoms with Crippen LogP contribution in [-0.2, 0) is 4.79 Å². The number of hydrogen-bond donors (Lipinski definition) is 1. The van der Waals surface area contributed by atoms with Crippen LogP contribution >= 0.6 is 0 Å². The molecule has 25 heavy (non-hydrogen) atoms. The molecule has 6 nitrogen and oxygen atoms in total. The number of benzene rings is 1. The number of amides is 1. The standard InChI is InChI=1S/C19H24N4O2/c1-25-18-6-3-2-5-17(18)23-14-16(13-21-23)15-8-11-22(12-9-15)10-4-7-19(20)24/h2-3,5-6,8,13-14H,4,7,9-12H2,1H3,(H2,20,24). The summed E-state index contributed by atoms with van der Waals surface area (Å²) in [5, 5.41) is 4.49. The Bertz CT molecular complexity index is 766. The highest BCUT2D eigenvalue weighted by Crippen LogP contribution is 2.26. The van der Waals surface area contributed by atoms with Crippen molar-refractivity contribution in [2.75, 3.05) is 26.7 Å². The molecule has 2 aromatic rings. The lowest BCUT2D eigenvalue weighted by Gasteiger charge is -2.25. The Kier molecular flexibility index (Phi) is 5.50. The number of primary amides is 1. The van der Waals surface area contributed by atoms with Gasteiger partial charge in [-0.05, 0) is 37.1 Å². The van der Waals surface area contributed by atoms with E-state index < -0.39 is 0 Å². The summed E-state index contributed by atoms with van der Waals surface area (Å²) in [6.45, 7) is 2.80.